The Morgan fingerprint density at radius 2 is 1.62 bits per heavy atom. The van der Waals surface area contributed by atoms with Crippen molar-refractivity contribution in [3.05, 3.63) is 65.7 Å². The van der Waals surface area contributed by atoms with E-state index in [1.807, 2.05) is 30.3 Å². The number of nitrogens with one attached hydrogen (secondary N) is 1. The number of hydrogen-bond donors (Lipinski definition) is 2. The van der Waals surface area contributed by atoms with Gasteiger partial charge >= 0.3 is 0 Å². The molecular formula is C23H26N2O4. The summed E-state index contributed by atoms with van der Waals surface area (Å²) in [6.45, 7) is 1.41. The molecule has 1 aliphatic rings. The highest BCUT2D eigenvalue weighted by atomic mass is 16.3. The van der Waals surface area contributed by atoms with Crippen molar-refractivity contribution in [2.75, 3.05) is 19.6 Å². The number of aromatic hydroxyl groups is 1. The van der Waals surface area contributed by atoms with Gasteiger partial charge in [0.25, 0.3) is 0 Å². The second-order valence-electron chi connectivity index (χ2n) is 7.33. The fourth-order valence-corrected chi connectivity index (χ4v) is 3.56. The summed E-state index contributed by atoms with van der Waals surface area (Å²) in [5, 5.41) is 12.1. The number of carbonyl (C=O) groups is 3. The summed E-state index contributed by atoms with van der Waals surface area (Å²) in [6.07, 6.45) is 1.83. The Balaban J connectivity index is 1.38. The molecule has 2 amide bonds. The molecule has 0 unspecified atom stereocenters. The van der Waals surface area contributed by atoms with E-state index < -0.39 is 0 Å². The van der Waals surface area contributed by atoms with E-state index in [1.54, 1.807) is 17.0 Å². The molecule has 2 aromatic rings. The molecule has 0 radical (unpaired) electrons. The topological polar surface area (TPSA) is 86.7 Å². The van der Waals surface area contributed by atoms with Crippen LogP contribution in [0.2, 0.25) is 0 Å². The summed E-state index contributed by atoms with van der Waals surface area (Å²) in [5.41, 5.74) is 1.53. The largest absolute Gasteiger partial charge is 0.508 e. The number of likely N-dealkylation sites (tertiary alicyclic amines) is 1. The monoisotopic (exact) mass is 394 g/mol. The zero-order valence-corrected chi connectivity index (χ0v) is 16.3. The first-order valence-corrected chi connectivity index (χ1v) is 9.94. The van der Waals surface area contributed by atoms with Gasteiger partial charge in [-0.05, 0) is 42.7 Å². The number of ketones is 1. The van der Waals surface area contributed by atoms with Crippen molar-refractivity contribution in [3.8, 4) is 5.75 Å². The summed E-state index contributed by atoms with van der Waals surface area (Å²) >= 11 is 0. The van der Waals surface area contributed by atoms with E-state index >= 15 is 0 Å². The Morgan fingerprint density at radius 1 is 0.966 bits per heavy atom. The predicted octanol–water partition coefficient (Wildman–Crippen LogP) is 2.56. The Hall–Kier alpha value is -3.15. The minimum absolute atomic E-state index is 0.000503. The van der Waals surface area contributed by atoms with E-state index in [4.69, 9.17) is 0 Å². The van der Waals surface area contributed by atoms with E-state index in [0.717, 1.165) is 5.56 Å². The number of phenolic OH excluding ortho intramolecular Hbond substituents is 1. The average Bonchev–Trinajstić information content (AvgIpc) is 2.74. The van der Waals surface area contributed by atoms with Crippen molar-refractivity contribution in [3.63, 3.8) is 0 Å². The number of Topliss-reactive ketones (excluding diaryl/α,β-unsaturated/α-hetero) is 1. The van der Waals surface area contributed by atoms with Crippen LogP contribution in [-0.4, -0.2) is 47.2 Å². The summed E-state index contributed by atoms with van der Waals surface area (Å²) in [7, 11) is 0. The lowest BCUT2D eigenvalue weighted by Gasteiger charge is -2.31. The molecule has 0 aliphatic carbocycles. The van der Waals surface area contributed by atoms with E-state index in [1.165, 1.54) is 12.1 Å². The number of benzene rings is 2. The van der Waals surface area contributed by atoms with Crippen molar-refractivity contribution in [2.24, 2.45) is 5.92 Å². The molecule has 2 N–H and O–H groups in total. The van der Waals surface area contributed by atoms with E-state index in [-0.39, 0.29) is 35.7 Å². The quantitative estimate of drug-likeness (QED) is 0.707. The number of piperidine rings is 1. The maximum Gasteiger partial charge on any atom is 0.224 e. The molecule has 6 heteroatoms. The molecule has 0 saturated carbocycles. The van der Waals surface area contributed by atoms with E-state index in [2.05, 4.69) is 5.32 Å². The van der Waals surface area contributed by atoms with Crippen LogP contribution in [0.4, 0.5) is 0 Å². The molecule has 1 saturated heterocycles. The summed E-state index contributed by atoms with van der Waals surface area (Å²) in [4.78, 5) is 38.7. The van der Waals surface area contributed by atoms with Gasteiger partial charge in [0.15, 0.2) is 5.78 Å². The molecule has 0 aromatic heterocycles. The van der Waals surface area contributed by atoms with Crippen LogP contribution in [0.25, 0.3) is 0 Å². The molecule has 3 rings (SSSR count). The molecular weight excluding hydrogens is 368 g/mol. The normalized spacial score (nSPS) is 14.4. The zero-order valence-electron chi connectivity index (χ0n) is 16.3. The van der Waals surface area contributed by atoms with Gasteiger partial charge in [0.2, 0.25) is 11.8 Å². The zero-order chi connectivity index (χ0) is 20.6. The van der Waals surface area contributed by atoms with Gasteiger partial charge in [0.1, 0.15) is 5.75 Å². The lowest BCUT2D eigenvalue weighted by Crippen LogP contribution is -2.41. The van der Waals surface area contributed by atoms with Gasteiger partial charge in [0.05, 0.1) is 6.42 Å². The molecule has 29 heavy (non-hydrogen) atoms. The molecule has 1 heterocycles. The van der Waals surface area contributed by atoms with E-state index in [0.29, 0.717) is 44.5 Å². The molecule has 6 nitrogen and oxygen atoms in total. The third-order valence-corrected chi connectivity index (χ3v) is 5.24. The molecule has 0 bridgehead atoms. The fourth-order valence-electron chi connectivity index (χ4n) is 3.56. The Labute approximate surface area is 170 Å². The number of carbonyl (C=O) groups excluding carboxylic acids is 3. The maximum absolute atomic E-state index is 12.6. The summed E-state index contributed by atoms with van der Waals surface area (Å²) in [5.74, 6) is 0.0000131. The Kier molecular flexibility index (Phi) is 7.00. The van der Waals surface area contributed by atoms with Crippen LogP contribution in [0.1, 0.15) is 35.2 Å². The van der Waals surface area contributed by atoms with Crippen LogP contribution in [-0.2, 0) is 16.0 Å². The van der Waals surface area contributed by atoms with Gasteiger partial charge in [-0.3, -0.25) is 14.4 Å². The van der Waals surface area contributed by atoms with Crippen molar-refractivity contribution >= 4 is 17.6 Å². The van der Waals surface area contributed by atoms with Gasteiger partial charge < -0.3 is 15.3 Å². The maximum atomic E-state index is 12.6. The van der Waals surface area contributed by atoms with Crippen LogP contribution in [0.15, 0.2) is 54.6 Å². The van der Waals surface area contributed by atoms with Gasteiger partial charge in [-0.1, -0.05) is 30.3 Å². The first-order chi connectivity index (χ1) is 14.0. The van der Waals surface area contributed by atoms with Gasteiger partial charge in [-0.2, -0.15) is 0 Å². The highest BCUT2D eigenvalue weighted by Crippen LogP contribution is 2.23. The smallest absolute Gasteiger partial charge is 0.224 e. The highest BCUT2D eigenvalue weighted by Gasteiger charge is 2.27. The first-order valence-electron chi connectivity index (χ1n) is 9.94. The Bertz CT molecular complexity index is 841. The van der Waals surface area contributed by atoms with Gasteiger partial charge in [-0.15, -0.1) is 0 Å². The number of phenols is 1. The van der Waals surface area contributed by atoms with E-state index in [9.17, 15) is 19.5 Å². The molecule has 1 fully saturated rings. The lowest BCUT2D eigenvalue weighted by molar-refractivity contribution is -0.132. The van der Waals surface area contributed by atoms with Crippen molar-refractivity contribution in [1.82, 2.24) is 10.2 Å². The standard InChI is InChI=1S/C23H26N2O4/c26-20-8-6-18(7-9-20)23(29)19-11-14-25(15-12-19)22(28)10-13-24-21(27)16-17-4-2-1-3-5-17/h1-9,19,26H,10-16H2,(H,24,27). The van der Waals surface area contributed by atoms with Crippen LogP contribution in [0, 0.1) is 5.92 Å². The SMILES string of the molecule is O=C(Cc1ccccc1)NCCC(=O)N1CCC(C(=O)c2ccc(O)cc2)CC1. The first kappa shape index (κ1) is 20.6. The van der Waals surface area contributed by atoms with Crippen LogP contribution < -0.4 is 5.32 Å². The van der Waals surface area contributed by atoms with Gasteiger partial charge in [-0.25, -0.2) is 0 Å². The highest BCUT2D eigenvalue weighted by molar-refractivity contribution is 5.98. The second-order valence-corrected chi connectivity index (χ2v) is 7.33. The third kappa shape index (κ3) is 5.91. The molecule has 1 aliphatic heterocycles. The fraction of sp³-hybridized carbons (Fsp3) is 0.348. The van der Waals surface area contributed by atoms with Crippen molar-refractivity contribution in [2.45, 2.75) is 25.7 Å². The summed E-state index contributed by atoms with van der Waals surface area (Å²) < 4.78 is 0. The minimum atomic E-state index is -0.103. The second kappa shape index (κ2) is 9.87. The van der Waals surface area contributed by atoms with Crippen LogP contribution in [0.3, 0.4) is 0 Å². The molecule has 2 aromatic carbocycles. The molecule has 0 spiro atoms. The Morgan fingerprint density at radius 3 is 2.28 bits per heavy atom. The molecule has 152 valence electrons. The van der Waals surface area contributed by atoms with Crippen molar-refractivity contribution < 1.29 is 19.5 Å². The molecule has 0 atom stereocenters. The van der Waals surface area contributed by atoms with Crippen LogP contribution in [0.5, 0.6) is 5.75 Å². The minimum Gasteiger partial charge on any atom is -0.508 e. The third-order valence-electron chi connectivity index (χ3n) is 5.24. The predicted molar refractivity (Wildman–Crippen MR) is 110 cm³/mol. The van der Waals surface area contributed by atoms with Crippen molar-refractivity contribution in [1.29, 1.82) is 0 Å². The van der Waals surface area contributed by atoms with Crippen LogP contribution >= 0.6 is 0 Å². The average molecular weight is 394 g/mol. The number of nitrogens with zero attached hydrogens (tertiary/aromatic N) is 1. The summed E-state index contributed by atoms with van der Waals surface area (Å²) in [6, 6.07) is 15.8. The number of rotatable bonds is 7. The lowest BCUT2D eigenvalue weighted by atomic mass is 9.89. The number of amides is 2. The number of hydrogen-bond acceptors (Lipinski definition) is 4. The van der Waals surface area contributed by atoms with Gasteiger partial charge in [0, 0.05) is 37.5 Å².